The van der Waals surface area contributed by atoms with E-state index in [9.17, 15) is 0 Å². The summed E-state index contributed by atoms with van der Waals surface area (Å²) < 4.78 is 0. The third kappa shape index (κ3) is 3.15. The molecule has 0 bridgehead atoms. The van der Waals surface area contributed by atoms with Crippen molar-refractivity contribution in [3.05, 3.63) is 124 Å². The monoisotopic (exact) mass is 498 g/mol. The van der Waals surface area contributed by atoms with Crippen LogP contribution in [-0.2, 0) is 10.8 Å². The van der Waals surface area contributed by atoms with Crippen LogP contribution in [0.3, 0.4) is 0 Å². The van der Waals surface area contributed by atoms with Gasteiger partial charge in [-0.25, -0.2) is 0 Å². The van der Waals surface area contributed by atoms with E-state index in [1.54, 1.807) is 0 Å². The Balaban J connectivity index is 1.54. The molecule has 182 valence electrons. The molecule has 7 rings (SSSR count). The lowest BCUT2D eigenvalue weighted by atomic mass is 9.76. The van der Waals surface area contributed by atoms with E-state index in [4.69, 9.17) is 11.6 Å². The minimum atomic E-state index is -0.121. The van der Waals surface area contributed by atoms with Gasteiger partial charge in [0, 0.05) is 21.4 Å². The van der Waals surface area contributed by atoms with Gasteiger partial charge in [0.2, 0.25) is 0 Å². The van der Waals surface area contributed by atoms with Crippen molar-refractivity contribution in [2.24, 2.45) is 0 Å². The third-order valence-electron chi connectivity index (χ3n) is 8.93. The summed E-state index contributed by atoms with van der Waals surface area (Å²) in [4.78, 5) is 0. The predicted octanol–water partition coefficient (Wildman–Crippen LogP) is 10.4. The Bertz CT molecular complexity index is 1660. The Kier molecular flexibility index (Phi) is 4.83. The van der Waals surface area contributed by atoms with Crippen molar-refractivity contribution in [2.45, 2.75) is 51.4 Å². The first-order valence-corrected chi connectivity index (χ1v) is 13.8. The summed E-state index contributed by atoms with van der Waals surface area (Å²) in [5.41, 5.74) is 15.8. The fourth-order valence-corrected chi connectivity index (χ4v) is 7.30. The van der Waals surface area contributed by atoms with Gasteiger partial charge in [-0.05, 0) is 104 Å². The fourth-order valence-electron chi connectivity index (χ4n) is 7.03. The van der Waals surface area contributed by atoms with Crippen LogP contribution in [0.1, 0.15) is 68.4 Å². The zero-order chi connectivity index (χ0) is 25.5. The van der Waals surface area contributed by atoms with Gasteiger partial charge in [-0.3, -0.25) is 0 Å². The van der Waals surface area contributed by atoms with Crippen molar-refractivity contribution in [3.63, 3.8) is 0 Å². The quantitative estimate of drug-likeness (QED) is 0.258. The molecular weight excluding hydrogens is 468 g/mol. The van der Waals surface area contributed by atoms with E-state index in [1.165, 1.54) is 66.8 Å². The predicted molar refractivity (Wildman–Crippen MR) is 158 cm³/mol. The Hall–Kier alpha value is -3.35. The Morgan fingerprint density at radius 1 is 0.622 bits per heavy atom. The van der Waals surface area contributed by atoms with E-state index in [-0.39, 0.29) is 10.8 Å². The maximum atomic E-state index is 6.84. The van der Waals surface area contributed by atoms with E-state index in [0.29, 0.717) is 0 Å². The SMILES string of the molecule is CC1(C)c2cc3c(cc2-c2c(Cl)cccc21)C(C)(C)c1c(C2=CCCC=C2)cc(-c2ccccc2)cc1-3. The standard InChI is InChI=1S/C36H31Cl/c1-35(2)29-16-11-17-32(37)33(29)28-21-30-26(20-31(28)35)27-19-24(22-12-7-5-8-13-22)18-25(34(27)36(30,3)4)23-14-9-6-10-15-23/h5,7-9,11-21H,6,10H2,1-4H3. The molecule has 0 saturated carbocycles. The molecule has 0 unspecified atom stereocenters. The van der Waals surface area contributed by atoms with Gasteiger partial charge in [-0.15, -0.1) is 0 Å². The second-order valence-corrected chi connectivity index (χ2v) is 12.2. The summed E-state index contributed by atoms with van der Waals surface area (Å²) in [6, 6.07) is 27.0. The van der Waals surface area contributed by atoms with Gasteiger partial charge < -0.3 is 0 Å². The summed E-state index contributed by atoms with van der Waals surface area (Å²) in [5.74, 6) is 0. The molecule has 0 heterocycles. The molecule has 4 aromatic carbocycles. The van der Waals surface area contributed by atoms with Gasteiger partial charge in [0.15, 0.2) is 0 Å². The van der Waals surface area contributed by atoms with E-state index in [1.807, 2.05) is 6.07 Å². The van der Waals surface area contributed by atoms with Crippen molar-refractivity contribution in [3.8, 4) is 33.4 Å². The maximum Gasteiger partial charge on any atom is 0.0487 e. The summed E-state index contributed by atoms with van der Waals surface area (Å²) in [7, 11) is 0. The summed E-state index contributed by atoms with van der Waals surface area (Å²) in [5, 5.41) is 0.849. The number of halogens is 1. The van der Waals surface area contributed by atoms with Crippen molar-refractivity contribution in [2.75, 3.05) is 0 Å². The fraction of sp³-hybridized carbons (Fsp3) is 0.222. The van der Waals surface area contributed by atoms with Crippen LogP contribution in [-0.4, -0.2) is 0 Å². The average molecular weight is 499 g/mol. The minimum Gasteiger partial charge on any atom is -0.0837 e. The first-order chi connectivity index (χ1) is 17.8. The summed E-state index contributed by atoms with van der Waals surface area (Å²) in [6.45, 7) is 9.47. The third-order valence-corrected chi connectivity index (χ3v) is 9.24. The first-order valence-electron chi connectivity index (χ1n) is 13.4. The van der Waals surface area contributed by atoms with Gasteiger partial charge in [0.25, 0.3) is 0 Å². The first kappa shape index (κ1) is 22.8. The van der Waals surface area contributed by atoms with Crippen LogP contribution in [0.4, 0.5) is 0 Å². The van der Waals surface area contributed by atoms with Gasteiger partial charge in [-0.1, -0.05) is 100.0 Å². The van der Waals surface area contributed by atoms with Crippen LogP contribution < -0.4 is 0 Å². The highest BCUT2D eigenvalue weighted by atomic mass is 35.5. The topological polar surface area (TPSA) is 0 Å². The molecule has 0 fully saturated rings. The second kappa shape index (κ2) is 7.83. The molecule has 0 aliphatic heterocycles. The number of fused-ring (bicyclic) bond motifs is 6. The van der Waals surface area contributed by atoms with E-state index < -0.39 is 0 Å². The minimum absolute atomic E-state index is 0.0913. The Labute approximate surface area is 225 Å². The number of allylic oxidation sites excluding steroid dienone is 4. The van der Waals surface area contributed by atoms with Crippen molar-refractivity contribution in [1.82, 2.24) is 0 Å². The van der Waals surface area contributed by atoms with Gasteiger partial charge in [0.05, 0.1) is 0 Å². The largest absolute Gasteiger partial charge is 0.0837 e. The van der Waals surface area contributed by atoms with Crippen LogP contribution in [0.15, 0.2) is 91.0 Å². The van der Waals surface area contributed by atoms with Crippen molar-refractivity contribution in [1.29, 1.82) is 0 Å². The molecular formula is C36H31Cl. The Morgan fingerprint density at radius 2 is 1.35 bits per heavy atom. The van der Waals surface area contributed by atoms with Gasteiger partial charge in [-0.2, -0.15) is 0 Å². The average Bonchev–Trinajstić information content (AvgIpc) is 3.28. The van der Waals surface area contributed by atoms with Crippen LogP contribution in [0.25, 0.3) is 39.0 Å². The molecule has 4 aromatic rings. The van der Waals surface area contributed by atoms with Gasteiger partial charge in [0.1, 0.15) is 0 Å². The van der Waals surface area contributed by atoms with Crippen LogP contribution >= 0.6 is 11.6 Å². The lowest BCUT2D eigenvalue weighted by Gasteiger charge is -2.26. The highest BCUT2D eigenvalue weighted by molar-refractivity contribution is 6.34. The zero-order valence-electron chi connectivity index (χ0n) is 22.0. The number of hydrogen-bond donors (Lipinski definition) is 0. The molecule has 0 aromatic heterocycles. The molecule has 0 saturated heterocycles. The molecule has 0 atom stereocenters. The van der Waals surface area contributed by atoms with Gasteiger partial charge >= 0.3 is 0 Å². The summed E-state index contributed by atoms with van der Waals surface area (Å²) in [6.07, 6.45) is 9.29. The molecule has 3 aliphatic rings. The second-order valence-electron chi connectivity index (χ2n) is 11.8. The van der Waals surface area contributed by atoms with Crippen LogP contribution in [0, 0.1) is 0 Å². The molecule has 0 amide bonds. The van der Waals surface area contributed by atoms with Crippen molar-refractivity contribution < 1.29 is 0 Å². The van der Waals surface area contributed by atoms with Crippen LogP contribution in [0.2, 0.25) is 5.02 Å². The van der Waals surface area contributed by atoms with E-state index >= 15 is 0 Å². The van der Waals surface area contributed by atoms with E-state index in [2.05, 4.69) is 113 Å². The highest BCUT2D eigenvalue weighted by Crippen LogP contribution is 2.58. The smallest absolute Gasteiger partial charge is 0.0487 e. The zero-order valence-corrected chi connectivity index (χ0v) is 22.7. The molecule has 0 spiro atoms. The molecule has 1 heteroatoms. The summed E-state index contributed by atoms with van der Waals surface area (Å²) >= 11 is 6.84. The Morgan fingerprint density at radius 3 is 2.11 bits per heavy atom. The molecule has 3 aliphatic carbocycles. The number of rotatable bonds is 2. The number of hydrogen-bond acceptors (Lipinski definition) is 0. The molecule has 37 heavy (non-hydrogen) atoms. The lowest BCUT2D eigenvalue weighted by Crippen LogP contribution is -2.18. The lowest BCUT2D eigenvalue weighted by molar-refractivity contribution is 0.651. The normalized spacial score (nSPS) is 17.6. The van der Waals surface area contributed by atoms with E-state index in [0.717, 1.165) is 17.9 Å². The van der Waals surface area contributed by atoms with Crippen molar-refractivity contribution >= 4 is 17.2 Å². The highest BCUT2D eigenvalue weighted by Gasteiger charge is 2.43. The van der Waals surface area contributed by atoms with Crippen LogP contribution in [0.5, 0.6) is 0 Å². The number of benzene rings is 4. The molecule has 0 radical (unpaired) electrons. The maximum absolute atomic E-state index is 6.84. The molecule has 0 nitrogen and oxygen atoms in total. The molecule has 0 N–H and O–H groups in total.